The van der Waals surface area contributed by atoms with E-state index in [1.807, 2.05) is 0 Å². The molecule has 0 aromatic carbocycles. The molecule has 1 aliphatic rings. The van der Waals surface area contributed by atoms with Crippen LogP contribution in [0.1, 0.15) is 45.2 Å². The van der Waals surface area contributed by atoms with Crippen molar-refractivity contribution < 1.29 is 4.79 Å². The van der Waals surface area contributed by atoms with Crippen molar-refractivity contribution in [2.45, 2.75) is 46.0 Å². The first-order valence-electron chi connectivity index (χ1n) is 7.42. The molecule has 0 aliphatic carbocycles. The molecule has 0 bridgehead atoms. The highest BCUT2D eigenvalue weighted by Crippen LogP contribution is 2.24. The summed E-state index contributed by atoms with van der Waals surface area (Å²) in [4.78, 5) is 21.3. The quantitative estimate of drug-likeness (QED) is 0.907. The lowest BCUT2D eigenvalue weighted by molar-refractivity contribution is -0.131. The van der Waals surface area contributed by atoms with E-state index < -0.39 is 0 Å². The Labute approximate surface area is 115 Å². The summed E-state index contributed by atoms with van der Waals surface area (Å²) in [5.74, 6) is 1.81. The minimum absolute atomic E-state index is 0.291. The van der Waals surface area contributed by atoms with Crippen molar-refractivity contribution in [3.05, 3.63) is 18.2 Å². The molecule has 1 saturated heterocycles. The smallest absolute Gasteiger partial charge is 0.222 e. The number of amides is 1. The van der Waals surface area contributed by atoms with Crippen molar-refractivity contribution in [1.29, 1.82) is 0 Å². The maximum atomic E-state index is 12.2. The summed E-state index contributed by atoms with van der Waals surface area (Å²) in [5, 5.41) is 0. The molecule has 4 heteroatoms. The average Bonchev–Trinajstić information content (AvgIpc) is 2.77. The molecule has 0 radical (unpaired) electrons. The van der Waals surface area contributed by atoms with E-state index in [2.05, 4.69) is 28.7 Å². The molecule has 19 heavy (non-hydrogen) atoms. The summed E-state index contributed by atoms with van der Waals surface area (Å²) in [7, 11) is 0. The molecule has 1 fully saturated rings. The molecule has 1 aromatic rings. The first-order valence-corrected chi connectivity index (χ1v) is 7.42. The van der Waals surface area contributed by atoms with Crippen molar-refractivity contribution in [2.75, 3.05) is 13.1 Å². The Morgan fingerprint density at radius 1 is 1.47 bits per heavy atom. The second-order valence-electron chi connectivity index (χ2n) is 5.89. The minimum atomic E-state index is 0.291. The van der Waals surface area contributed by atoms with Gasteiger partial charge in [-0.05, 0) is 37.5 Å². The lowest BCUT2D eigenvalue weighted by Gasteiger charge is -2.21. The second-order valence-corrected chi connectivity index (χ2v) is 5.89. The molecular formula is C15H25N3O. The van der Waals surface area contributed by atoms with Gasteiger partial charge in [-0.25, -0.2) is 4.98 Å². The molecule has 106 valence electrons. The van der Waals surface area contributed by atoms with Crippen molar-refractivity contribution >= 4 is 5.91 Å². The van der Waals surface area contributed by atoms with Gasteiger partial charge < -0.3 is 9.88 Å². The fraction of sp³-hybridized carbons (Fsp3) is 0.733. The van der Waals surface area contributed by atoms with Crippen LogP contribution in [-0.2, 0) is 11.2 Å². The van der Waals surface area contributed by atoms with Gasteiger partial charge in [0.2, 0.25) is 5.91 Å². The highest BCUT2D eigenvalue weighted by molar-refractivity contribution is 5.76. The molecule has 1 N–H and O–H groups in total. The number of hydrogen-bond acceptors (Lipinski definition) is 2. The number of nitrogens with one attached hydrogen (secondary N) is 1. The van der Waals surface area contributed by atoms with Crippen LogP contribution in [0, 0.1) is 11.8 Å². The number of aryl methyl sites for hydroxylation is 1. The maximum absolute atomic E-state index is 12.2. The summed E-state index contributed by atoms with van der Waals surface area (Å²) in [6.45, 7) is 6.45. The average molecular weight is 263 g/mol. The zero-order chi connectivity index (χ0) is 13.7. The van der Waals surface area contributed by atoms with E-state index in [4.69, 9.17) is 0 Å². The third-order valence-corrected chi connectivity index (χ3v) is 4.23. The lowest BCUT2D eigenvalue weighted by Crippen LogP contribution is -2.32. The number of aromatic amines is 1. The van der Waals surface area contributed by atoms with Crippen molar-refractivity contribution in [1.82, 2.24) is 14.9 Å². The largest absolute Gasteiger partial charge is 0.348 e. The van der Waals surface area contributed by atoms with Crippen LogP contribution in [0.15, 0.2) is 12.5 Å². The predicted octanol–water partition coefficient (Wildman–Crippen LogP) is 2.63. The molecule has 1 aliphatic heterocycles. The van der Waals surface area contributed by atoms with Gasteiger partial charge in [0.1, 0.15) is 0 Å². The molecule has 2 heterocycles. The Bertz CT molecular complexity index is 386. The monoisotopic (exact) mass is 263 g/mol. The van der Waals surface area contributed by atoms with E-state index in [0.717, 1.165) is 49.9 Å². The van der Waals surface area contributed by atoms with E-state index in [1.165, 1.54) is 6.42 Å². The fourth-order valence-electron chi connectivity index (χ4n) is 2.86. The standard InChI is InChI=1S/C15H25N3O/c1-12(2)13-4-3-8-18(9-7-13)15(19)6-5-14-10-16-11-17-14/h10-13H,3-9H2,1-2H3,(H,16,17). The number of hydrogen-bond donors (Lipinski definition) is 1. The van der Waals surface area contributed by atoms with Gasteiger partial charge in [0, 0.05) is 31.4 Å². The molecular weight excluding hydrogens is 238 g/mol. The molecule has 4 nitrogen and oxygen atoms in total. The van der Waals surface area contributed by atoms with Crippen molar-refractivity contribution in [2.24, 2.45) is 11.8 Å². The molecule has 0 saturated carbocycles. The van der Waals surface area contributed by atoms with Crippen LogP contribution in [0.4, 0.5) is 0 Å². The van der Waals surface area contributed by atoms with Crippen LogP contribution < -0.4 is 0 Å². The molecule has 1 amide bonds. The van der Waals surface area contributed by atoms with E-state index in [9.17, 15) is 4.79 Å². The van der Waals surface area contributed by atoms with Gasteiger partial charge in [0.25, 0.3) is 0 Å². The maximum Gasteiger partial charge on any atom is 0.222 e. The van der Waals surface area contributed by atoms with Gasteiger partial charge in [-0.2, -0.15) is 0 Å². The van der Waals surface area contributed by atoms with Gasteiger partial charge in [-0.15, -0.1) is 0 Å². The van der Waals surface area contributed by atoms with Crippen molar-refractivity contribution in [3.63, 3.8) is 0 Å². The van der Waals surface area contributed by atoms with E-state index in [-0.39, 0.29) is 0 Å². The predicted molar refractivity (Wildman–Crippen MR) is 75.7 cm³/mol. The minimum Gasteiger partial charge on any atom is -0.348 e. The van der Waals surface area contributed by atoms with Crippen LogP contribution >= 0.6 is 0 Å². The number of H-pyrrole nitrogens is 1. The molecule has 0 spiro atoms. The Morgan fingerprint density at radius 2 is 2.32 bits per heavy atom. The highest BCUT2D eigenvalue weighted by Gasteiger charge is 2.22. The Morgan fingerprint density at radius 3 is 3.00 bits per heavy atom. The van der Waals surface area contributed by atoms with Gasteiger partial charge in [-0.3, -0.25) is 4.79 Å². The first-order chi connectivity index (χ1) is 9.16. The van der Waals surface area contributed by atoms with E-state index >= 15 is 0 Å². The van der Waals surface area contributed by atoms with Gasteiger partial charge >= 0.3 is 0 Å². The van der Waals surface area contributed by atoms with E-state index in [1.54, 1.807) is 12.5 Å². The van der Waals surface area contributed by atoms with Crippen LogP contribution in [0.2, 0.25) is 0 Å². The zero-order valence-corrected chi connectivity index (χ0v) is 12.1. The number of nitrogens with zero attached hydrogens (tertiary/aromatic N) is 2. The molecule has 1 unspecified atom stereocenters. The first kappa shape index (κ1) is 14.1. The topological polar surface area (TPSA) is 49.0 Å². The number of carbonyl (C=O) groups excluding carboxylic acids is 1. The zero-order valence-electron chi connectivity index (χ0n) is 12.1. The third kappa shape index (κ3) is 4.08. The summed E-state index contributed by atoms with van der Waals surface area (Å²) in [6, 6.07) is 0. The van der Waals surface area contributed by atoms with Crippen LogP contribution in [0.25, 0.3) is 0 Å². The highest BCUT2D eigenvalue weighted by atomic mass is 16.2. The van der Waals surface area contributed by atoms with Gasteiger partial charge in [-0.1, -0.05) is 13.8 Å². The summed E-state index contributed by atoms with van der Waals surface area (Å²) < 4.78 is 0. The Hall–Kier alpha value is -1.32. The third-order valence-electron chi connectivity index (χ3n) is 4.23. The number of rotatable bonds is 4. The number of imidazole rings is 1. The number of aromatic nitrogens is 2. The fourth-order valence-corrected chi connectivity index (χ4v) is 2.86. The Balaban J connectivity index is 1.79. The molecule has 1 atom stereocenters. The van der Waals surface area contributed by atoms with E-state index in [0.29, 0.717) is 12.3 Å². The van der Waals surface area contributed by atoms with Crippen molar-refractivity contribution in [3.8, 4) is 0 Å². The summed E-state index contributed by atoms with van der Waals surface area (Å²) in [6.07, 6.45) is 8.40. The van der Waals surface area contributed by atoms with Gasteiger partial charge in [0.15, 0.2) is 0 Å². The second kappa shape index (κ2) is 6.73. The summed E-state index contributed by atoms with van der Waals surface area (Å²) in [5.41, 5.74) is 1.04. The normalized spacial score (nSPS) is 20.6. The van der Waals surface area contributed by atoms with Crippen LogP contribution in [0.3, 0.4) is 0 Å². The SMILES string of the molecule is CC(C)C1CCCN(C(=O)CCc2cnc[nH]2)CC1. The molecule has 1 aromatic heterocycles. The van der Waals surface area contributed by atoms with Gasteiger partial charge in [0.05, 0.1) is 6.33 Å². The number of carbonyl (C=O) groups is 1. The summed E-state index contributed by atoms with van der Waals surface area (Å²) >= 11 is 0. The molecule has 2 rings (SSSR count). The Kier molecular flexibility index (Phi) is 5.00. The van der Waals surface area contributed by atoms with Crippen LogP contribution in [-0.4, -0.2) is 33.9 Å². The van der Waals surface area contributed by atoms with Crippen LogP contribution in [0.5, 0.6) is 0 Å². The lowest BCUT2D eigenvalue weighted by atomic mass is 9.89. The number of likely N-dealkylation sites (tertiary alicyclic amines) is 1.